The Labute approximate surface area is 84.2 Å². The maximum atomic E-state index is 9.93. The summed E-state index contributed by atoms with van der Waals surface area (Å²) in [6.45, 7) is 0. The molecule has 0 radical (unpaired) electrons. The average Bonchev–Trinajstić information content (AvgIpc) is 1.81. The summed E-state index contributed by atoms with van der Waals surface area (Å²) in [5.74, 6) is 0. The van der Waals surface area contributed by atoms with Gasteiger partial charge in [-0.05, 0) is 24.8 Å². The predicted molar refractivity (Wildman–Crippen MR) is 47.3 cm³/mol. The van der Waals surface area contributed by atoms with Crippen LogP contribution in [-0.4, -0.2) is 19.5 Å². The van der Waals surface area contributed by atoms with Crippen molar-refractivity contribution in [3.63, 3.8) is 0 Å². The molecule has 0 aliphatic carbocycles. The third-order valence-electron chi connectivity index (χ3n) is 0.774. The van der Waals surface area contributed by atoms with Crippen LogP contribution in [0.15, 0.2) is 35.2 Å². The van der Waals surface area contributed by atoms with Gasteiger partial charge in [-0.25, -0.2) is 0 Å². The van der Waals surface area contributed by atoms with Gasteiger partial charge in [0.25, 0.3) is 0 Å². The fourth-order valence-corrected chi connectivity index (χ4v) is 0.631. The number of hydrogen-bond acceptors (Lipinski definition) is 0. The van der Waals surface area contributed by atoms with E-state index in [0.717, 1.165) is 4.90 Å². The molecular weight excluding hydrogens is 340 g/mol. The molecule has 0 heterocycles. The van der Waals surface area contributed by atoms with E-state index in [-0.39, 0.29) is 0 Å². The van der Waals surface area contributed by atoms with Crippen LogP contribution >= 0.6 is 0 Å². The van der Waals surface area contributed by atoms with Crippen molar-refractivity contribution in [2.45, 2.75) is 4.90 Å². The molecule has 1 rings (SSSR count). The van der Waals surface area contributed by atoms with Gasteiger partial charge in [0.1, 0.15) is 4.90 Å². The second kappa shape index (κ2) is 3.52. The number of halogens is 6. The van der Waals surface area contributed by atoms with Gasteiger partial charge >= 0.3 is 36.4 Å². The quantitative estimate of drug-likeness (QED) is 0.384. The van der Waals surface area contributed by atoms with Crippen LogP contribution in [0.2, 0.25) is 0 Å². The first-order valence-corrected chi connectivity index (χ1v) is 9.46. The van der Waals surface area contributed by atoms with Crippen LogP contribution in [0.1, 0.15) is 0 Å². The van der Waals surface area contributed by atoms with E-state index in [2.05, 4.69) is 12.6 Å². The first kappa shape index (κ1) is 14.0. The van der Waals surface area contributed by atoms with Gasteiger partial charge in [0, 0.05) is 0 Å². The summed E-state index contributed by atoms with van der Waals surface area (Å²) in [6, 6.07) is 9.96. The van der Waals surface area contributed by atoms with Gasteiger partial charge in [0.15, 0.2) is 0 Å². The maximum Gasteiger partial charge on any atom is 0.150 e. The molecule has 0 amide bonds. The van der Waals surface area contributed by atoms with E-state index in [0.29, 0.717) is 0 Å². The third-order valence-corrected chi connectivity index (χ3v) is 1.11. The molecule has 0 saturated carbocycles. The molecular formula is C6H7F6SSb. The Morgan fingerprint density at radius 1 is 0.786 bits per heavy atom. The molecule has 0 aromatic heterocycles. The Hall–Kier alpha value is -0.0318. The molecule has 0 saturated heterocycles. The molecule has 14 heavy (non-hydrogen) atoms. The van der Waals surface area contributed by atoms with Crippen molar-refractivity contribution in [2.75, 3.05) is 0 Å². The molecule has 1 aromatic carbocycles. The number of benzene rings is 1. The normalized spacial score (nSPS) is 15.9. The Balaban J connectivity index is 0.000000241. The van der Waals surface area contributed by atoms with Gasteiger partial charge in [-0.2, -0.15) is 0 Å². The molecule has 0 spiro atoms. The minimum absolute atomic E-state index is 1.13. The summed E-state index contributed by atoms with van der Waals surface area (Å²) in [6.07, 6.45) is 0. The molecule has 0 fully saturated rings. The summed E-state index contributed by atoms with van der Waals surface area (Å²) in [5, 5.41) is 0. The third kappa shape index (κ3) is 22.7. The van der Waals surface area contributed by atoms with Crippen molar-refractivity contribution >= 4 is 32.1 Å². The van der Waals surface area contributed by atoms with E-state index in [1.165, 1.54) is 0 Å². The minimum Gasteiger partial charge on any atom is -0.0619 e. The van der Waals surface area contributed by atoms with Gasteiger partial charge in [-0.3, -0.25) is 0 Å². The summed E-state index contributed by atoms with van der Waals surface area (Å²) in [5.41, 5.74) is 0. The Kier molecular flexibility index (Phi) is 3.51. The molecule has 0 aliphatic heterocycles. The number of hydrogen-bond donors (Lipinski definition) is 0. The molecule has 0 N–H and O–H groups in total. The Bertz CT molecular complexity index is 278. The fourth-order valence-electron chi connectivity index (χ4n) is 0.438. The SMILES string of the molecule is [F][Sb-]([F])([F])([F])([F])[F].[SH2+]c1ccccc1. The summed E-state index contributed by atoms with van der Waals surface area (Å²) >= 11 is -7.89. The Morgan fingerprint density at radius 2 is 1.07 bits per heavy atom. The zero-order valence-electron chi connectivity index (χ0n) is 6.60. The van der Waals surface area contributed by atoms with E-state index in [1.54, 1.807) is 0 Å². The van der Waals surface area contributed by atoms with E-state index in [1.807, 2.05) is 30.3 Å². The molecule has 84 valence electrons. The van der Waals surface area contributed by atoms with Gasteiger partial charge in [-0.1, -0.05) is 18.2 Å². The summed E-state index contributed by atoms with van der Waals surface area (Å²) < 4.78 is 59.6. The molecule has 0 aliphatic rings. The van der Waals surface area contributed by atoms with Crippen molar-refractivity contribution in [2.24, 2.45) is 0 Å². The van der Waals surface area contributed by atoms with Crippen LogP contribution < -0.4 is 0 Å². The van der Waals surface area contributed by atoms with Crippen molar-refractivity contribution in [1.29, 1.82) is 0 Å². The van der Waals surface area contributed by atoms with Gasteiger partial charge < -0.3 is 0 Å². The van der Waals surface area contributed by atoms with Crippen molar-refractivity contribution in [1.82, 2.24) is 0 Å². The Morgan fingerprint density at radius 3 is 1.21 bits per heavy atom. The monoisotopic (exact) mass is 346 g/mol. The first-order chi connectivity index (χ1) is 5.84. The van der Waals surface area contributed by atoms with E-state index in [4.69, 9.17) is 0 Å². The van der Waals surface area contributed by atoms with Crippen LogP contribution in [0, 0.1) is 0 Å². The van der Waals surface area contributed by atoms with Crippen LogP contribution in [-0.2, 0) is 12.6 Å². The van der Waals surface area contributed by atoms with Crippen LogP contribution in [0.3, 0.4) is 0 Å². The van der Waals surface area contributed by atoms with E-state index >= 15 is 0 Å². The zero-order chi connectivity index (χ0) is 11.5. The van der Waals surface area contributed by atoms with Crippen molar-refractivity contribution < 1.29 is 16.9 Å². The number of rotatable bonds is 0. The molecule has 0 unspecified atom stereocenters. The summed E-state index contributed by atoms with van der Waals surface area (Å²) in [4.78, 5) is 1.13. The van der Waals surface area contributed by atoms with Crippen LogP contribution in [0.4, 0.5) is 16.9 Å². The molecule has 1 aromatic rings. The van der Waals surface area contributed by atoms with Crippen molar-refractivity contribution in [3.05, 3.63) is 30.3 Å². The second-order valence-corrected chi connectivity index (χ2v) is 8.37. The molecule has 8 heteroatoms. The van der Waals surface area contributed by atoms with E-state index in [9.17, 15) is 16.9 Å². The van der Waals surface area contributed by atoms with Crippen LogP contribution in [0.25, 0.3) is 0 Å². The second-order valence-electron chi connectivity index (χ2n) is 2.32. The van der Waals surface area contributed by atoms with Crippen molar-refractivity contribution in [3.8, 4) is 0 Å². The topological polar surface area (TPSA) is 0 Å². The molecule has 0 atom stereocenters. The molecule has 0 bridgehead atoms. The zero-order valence-corrected chi connectivity index (χ0v) is 10.2. The van der Waals surface area contributed by atoms with E-state index < -0.39 is 19.5 Å². The summed E-state index contributed by atoms with van der Waals surface area (Å²) in [7, 11) is 0. The standard InChI is InChI=1S/C6H6S.6FH.Sb/c7-6-4-2-1-3-5-6;;;;;;;/h1-5,7H;6*1H;/q;;;;;;;+5/p-5. The smallest absolute Gasteiger partial charge is 0.0619 e. The van der Waals surface area contributed by atoms with Crippen LogP contribution in [0.5, 0.6) is 0 Å². The van der Waals surface area contributed by atoms with Gasteiger partial charge in [-0.15, -0.1) is 0 Å². The predicted octanol–water partition coefficient (Wildman–Crippen LogP) is 3.20. The first-order valence-electron chi connectivity index (χ1n) is 3.17. The maximum absolute atomic E-state index is 11.2. The molecule has 0 nitrogen and oxygen atoms in total. The largest absolute Gasteiger partial charge is 0.150 e. The van der Waals surface area contributed by atoms with Gasteiger partial charge in [0.2, 0.25) is 0 Å². The fraction of sp³-hybridized carbons (Fsp3) is 0. The van der Waals surface area contributed by atoms with Gasteiger partial charge in [0.05, 0.1) is 0 Å². The minimum atomic E-state index is -11.2. The average molecular weight is 347 g/mol.